The van der Waals surface area contributed by atoms with Crippen molar-refractivity contribution >= 4 is 5.91 Å². The number of benzene rings is 2. The van der Waals surface area contributed by atoms with Crippen molar-refractivity contribution in [2.45, 2.75) is 25.3 Å². The molecule has 0 N–H and O–H groups in total. The Bertz CT molecular complexity index is 1270. The molecule has 8 heteroatoms. The van der Waals surface area contributed by atoms with E-state index in [0.717, 1.165) is 35.4 Å². The first-order valence-electron chi connectivity index (χ1n) is 11.7. The van der Waals surface area contributed by atoms with Crippen LogP contribution in [0, 0.1) is 0 Å². The van der Waals surface area contributed by atoms with Gasteiger partial charge in [0.15, 0.2) is 0 Å². The average molecular weight is 470 g/mol. The maximum Gasteiger partial charge on any atom is 0.254 e. The highest BCUT2D eigenvalue weighted by Gasteiger charge is 2.28. The highest BCUT2D eigenvalue weighted by Crippen LogP contribution is 2.34. The van der Waals surface area contributed by atoms with E-state index in [0.29, 0.717) is 31.3 Å². The molecule has 5 rings (SSSR count). The van der Waals surface area contributed by atoms with Crippen molar-refractivity contribution in [3.05, 3.63) is 96.5 Å². The molecular weight excluding hydrogens is 442 g/mol. The Hall–Kier alpha value is -4.20. The molecule has 1 aliphatic rings. The highest BCUT2D eigenvalue weighted by molar-refractivity contribution is 5.95. The van der Waals surface area contributed by atoms with Crippen molar-refractivity contribution in [2.24, 2.45) is 0 Å². The first kappa shape index (κ1) is 22.6. The molecule has 0 radical (unpaired) electrons. The van der Waals surface area contributed by atoms with Crippen molar-refractivity contribution in [1.82, 2.24) is 24.4 Å². The molecule has 0 aliphatic carbocycles. The molecule has 2 aromatic heterocycles. The molecule has 1 fully saturated rings. The van der Waals surface area contributed by atoms with Crippen LogP contribution in [0.15, 0.2) is 79.6 Å². The summed E-state index contributed by atoms with van der Waals surface area (Å²) in [4.78, 5) is 28.5. The normalized spacial score (nSPS) is 14.0. The van der Waals surface area contributed by atoms with E-state index >= 15 is 0 Å². The summed E-state index contributed by atoms with van der Waals surface area (Å²) in [7, 11) is 1.63. The largest absolute Gasteiger partial charge is 0.497 e. The van der Waals surface area contributed by atoms with Gasteiger partial charge in [-0.25, -0.2) is 9.97 Å². The van der Waals surface area contributed by atoms with Crippen molar-refractivity contribution in [3.63, 3.8) is 0 Å². The molecule has 1 saturated heterocycles. The standard InChI is InChI=1S/C27H27N5O3/c1-34-22-6-8-23(9-7-22)35-26-25(29-12-13-30-26)20-10-15-32(16-11-20)27(33)24-5-3-2-4-21(24)18-31-17-14-28-19-31/h2-9,12-14,17,19-20H,10-11,15-16,18H2,1H3. The first-order chi connectivity index (χ1) is 17.2. The Kier molecular flexibility index (Phi) is 6.70. The smallest absolute Gasteiger partial charge is 0.254 e. The Labute approximate surface area is 204 Å². The summed E-state index contributed by atoms with van der Waals surface area (Å²) in [5.74, 6) is 2.18. The molecule has 0 bridgehead atoms. The van der Waals surface area contributed by atoms with Crippen LogP contribution in [0.25, 0.3) is 0 Å². The number of imidazole rings is 1. The third-order valence-electron chi connectivity index (χ3n) is 6.29. The first-order valence-corrected chi connectivity index (χ1v) is 11.7. The van der Waals surface area contributed by atoms with Crippen LogP contribution >= 0.6 is 0 Å². The number of aromatic nitrogens is 4. The minimum Gasteiger partial charge on any atom is -0.497 e. The van der Waals surface area contributed by atoms with Crippen molar-refractivity contribution < 1.29 is 14.3 Å². The van der Waals surface area contributed by atoms with Crippen LogP contribution in [0.5, 0.6) is 17.4 Å². The van der Waals surface area contributed by atoms with Crippen molar-refractivity contribution in [3.8, 4) is 17.4 Å². The monoisotopic (exact) mass is 469 g/mol. The zero-order chi connectivity index (χ0) is 24.0. The van der Waals surface area contributed by atoms with Crippen LogP contribution < -0.4 is 9.47 Å². The Morgan fingerprint density at radius 2 is 1.71 bits per heavy atom. The van der Waals surface area contributed by atoms with E-state index < -0.39 is 0 Å². The summed E-state index contributed by atoms with van der Waals surface area (Å²) in [5, 5.41) is 0. The Morgan fingerprint density at radius 3 is 2.46 bits per heavy atom. The predicted molar refractivity (Wildman–Crippen MR) is 131 cm³/mol. The molecule has 0 saturated carbocycles. The van der Waals surface area contributed by atoms with Crippen LogP contribution in [0.3, 0.4) is 0 Å². The van der Waals surface area contributed by atoms with Crippen molar-refractivity contribution in [1.29, 1.82) is 0 Å². The molecule has 1 amide bonds. The van der Waals surface area contributed by atoms with E-state index in [4.69, 9.17) is 9.47 Å². The molecule has 35 heavy (non-hydrogen) atoms. The second kappa shape index (κ2) is 10.4. The van der Waals surface area contributed by atoms with Gasteiger partial charge in [0, 0.05) is 55.9 Å². The van der Waals surface area contributed by atoms with Gasteiger partial charge in [-0.2, -0.15) is 0 Å². The topological polar surface area (TPSA) is 82.4 Å². The van der Waals surface area contributed by atoms with Gasteiger partial charge in [-0.3, -0.25) is 9.78 Å². The van der Waals surface area contributed by atoms with Gasteiger partial charge in [-0.1, -0.05) is 18.2 Å². The zero-order valence-corrected chi connectivity index (χ0v) is 19.6. The second-order valence-corrected chi connectivity index (χ2v) is 8.48. The maximum absolute atomic E-state index is 13.4. The van der Waals surface area contributed by atoms with Gasteiger partial charge >= 0.3 is 0 Å². The SMILES string of the molecule is COc1ccc(Oc2nccnc2C2CCN(C(=O)c3ccccc3Cn3ccnc3)CC2)cc1. The van der Waals surface area contributed by atoms with Gasteiger partial charge in [-0.15, -0.1) is 0 Å². The number of piperidine rings is 1. The summed E-state index contributed by atoms with van der Waals surface area (Å²) in [5.41, 5.74) is 2.56. The number of hydrogen-bond acceptors (Lipinski definition) is 6. The molecular formula is C27H27N5O3. The lowest BCUT2D eigenvalue weighted by atomic mass is 9.92. The van der Waals surface area contributed by atoms with Crippen LogP contribution in [0.2, 0.25) is 0 Å². The van der Waals surface area contributed by atoms with E-state index in [9.17, 15) is 4.79 Å². The molecule has 2 aromatic carbocycles. The molecule has 4 aromatic rings. The summed E-state index contributed by atoms with van der Waals surface area (Å²) in [6, 6.07) is 15.2. The van der Waals surface area contributed by atoms with Crippen LogP contribution in [-0.4, -0.2) is 50.5 Å². The maximum atomic E-state index is 13.4. The van der Waals surface area contributed by atoms with E-state index in [1.165, 1.54) is 0 Å². The quantitative estimate of drug-likeness (QED) is 0.395. The third-order valence-corrected chi connectivity index (χ3v) is 6.29. The third kappa shape index (κ3) is 5.16. The van der Waals surface area contributed by atoms with Gasteiger partial charge in [0.2, 0.25) is 5.88 Å². The van der Waals surface area contributed by atoms with Crippen LogP contribution in [0.1, 0.15) is 40.4 Å². The van der Waals surface area contributed by atoms with Crippen molar-refractivity contribution in [2.75, 3.05) is 20.2 Å². The summed E-state index contributed by atoms with van der Waals surface area (Å²) >= 11 is 0. The summed E-state index contributed by atoms with van der Waals surface area (Å²) < 4.78 is 13.2. The zero-order valence-electron chi connectivity index (χ0n) is 19.6. The van der Waals surface area contributed by atoms with Gasteiger partial charge < -0.3 is 18.9 Å². The summed E-state index contributed by atoms with van der Waals surface area (Å²) in [6.07, 6.45) is 10.3. The summed E-state index contributed by atoms with van der Waals surface area (Å²) in [6.45, 7) is 1.92. The number of hydrogen-bond donors (Lipinski definition) is 0. The fourth-order valence-corrected chi connectivity index (χ4v) is 4.42. The fourth-order valence-electron chi connectivity index (χ4n) is 4.42. The lowest BCUT2D eigenvalue weighted by molar-refractivity contribution is 0.0710. The van der Waals surface area contributed by atoms with Gasteiger partial charge in [0.05, 0.1) is 13.4 Å². The Morgan fingerprint density at radius 1 is 0.971 bits per heavy atom. The average Bonchev–Trinajstić information content (AvgIpc) is 3.43. The van der Waals surface area contributed by atoms with Crippen LogP contribution in [0.4, 0.5) is 0 Å². The number of carbonyl (C=O) groups excluding carboxylic acids is 1. The fraction of sp³-hybridized carbons (Fsp3) is 0.259. The Balaban J connectivity index is 1.26. The van der Waals surface area contributed by atoms with Gasteiger partial charge in [-0.05, 0) is 48.7 Å². The highest BCUT2D eigenvalue weighted by atomic mass is 16.5. The lowest BCUT2D eigenvalue weighted by Gasteiger charge is -2.32. The second-order valence-electron chi connectivity index (χ2n) is 8.48. The van der Waals surface area contributed by atoms with E-state index in [2.05, 4.69) is 15.0 Å². The minimum absolute atomic E-state index is 0.0630. The minimum atomic E-state index is 0.0630. The number of ether oxygens (including phenoxy) is 2. The predicted octanol–water partition coefficient (Wildman–Crippen LogP) is 4.54. The van der Waals surface area contributed by atoms with E-state index in [1.54, 1.807) is 32.0 Å². The number of nitrogens with zero attached hydrogens (tertiary/aromatic N) is 5. The van der Waals surface area contributed by atoms with E-state index in [-0.39, 0.29) is 11.8 Å². The number of likely N-dealkylation sites (tertiary alicyclic amines) is 1. The lowest BCUT2D eigenvalue weighted by Crippen LogP contribution is -2.38. The molecule has 1 aliphatic heterocycles. The number of amides is 1. The molecule has 0 atom stereocenters. The van der Waals surface area contributed by atoms with Gasteiger partial charge in [0.1, 0.15) is 17.2 Å². The van der Waals surface area contributed by atoms with Crippen LogP contribution in [-0.2, 0) is 6.54 Å². The molecule has 0 spiro atoms. The number of carbonyl (C=O) groups is 1. The molecule has 178 valence electrons. The van der Waals surface area contributed by atoms with Gasteiger partial charge in [0.25, 0.3) is 5.91 Å². The number of methoxy groups -OCH3 is 1. The number of rotatable bonds is 7. The van der Waals surface area contributed by atoms with E-state index in [1.807, 2.05) is 64.2 Å². The molecule has 8 nitrogen and oxygen atoms in total. The molecule has 0 unspecified atom stereocenters. The molecule has 3 heterocycles.